The van der Waals surface area contributed by atoms with Crippen LogP contribution in [0, 0.1) is 6.92 Å². The molecule has 142 valence electrons. The van der Waals surface area contributed by atoms with E-state index in [1.54, 1.807) is 39.1 Å². The number of anilines is 1. The average Bonchev–Trinajstić information content (AvgIpc) is 2.91. The summed E-state index contributed by atoms with van der Waals surface area (Å²) in [4.78, 5) is 30.7. The second-order valence-corrected chi connectivity index (χ2v) is 7.46. The van der Waals surface area contributed by atoms with Crippen molar-refractivity contribution in [3.8, 4) is 16.9 Å². The molecule has 1 aromatic heterocycles. The Balaban J connectivity index is 2.09. The minimum absolute atomic E-state index is 0.111. The van der Waals surface area contributed by atoms with Crippen LogP contribution in [0.3, 0.4) is 0 Å². The Morgan fingerprint density at radius 3 is 2.56 bits per heavy atom. The maximum absolute atomic E-state index is 12.9. The number of amides is 2. The average molecular weight is 369 g/mol. The lowest BCUT2D eigenvalue weighted by atomic mass is 9.94. The zero-order valence-electron chi connectivity index (χ0n) is 16.1. The fraction of sp³-hybridized carbons (Fsp3) is 0.350. The molecule has 7 heteroatoms. The first-order valence-electron chi connectivity index (χ1n) is 8.59. The van der Waals surface area contributed by atoms with Crippen LogP contribution in [0.2, 0.25) is 0 Å². The zero-order chi connectivity index (χ0) is 19.9. The number of hydrogen-bond acceptors (Lipinski definition) is 6. The summed E-state index contributed by atoms with van der Waals surface area (Å²) in [6, 6.07) is 5.36. The Bertz CT molecular complexity index is 932. The molecule has 0 bridgehead atoms. The maximum Gasteiger partial charge on any atom is 0.417 e. The summed E-state index contributed by atoms with van der Waals surface area (Å²) in [5.74, 6) is 0.415. The third-order valence-electron chi connectivity index (χ3n) is 4.31. The van der Waals surface area contributed by atoms with Gasteiger partial charge < -0.3 is 15.2 Å². The first-order chi connectivity index (χ1) is 12.6. The number of methoxy groups -OCH3 is 1. The van der Waals surface area contributed by atoms with Crippen molar-refractivity contribution in [2.75, 3.05) is 12.8 Å². The number of carbonyl (C=O) groups is 2. The summed E-state index contributed by atoms with van der Waals surface area (Å²) < 4.78 is 10.7. The topological polar surface area (TPSA) is 94.8 Å². The number of hydrogen-bond donors (Lipinski definition) is 1. The summed E-state index contributed by atoms with van der Waals surface area (Å²) >= 11 is 0. The van der Waals surface area contributed by atoms with E-state index in [4.69, 9.17) is 15.2 Å². The molecule has 0 unspecified atom stereocenters. The van der Waals surface area contributed by atoms with Crippen molar-refractivity contribution >= 4 is 17.8 Å². The van der Waals surface area contributed by atoms with Crippen molar-refractivity contribution in [2.24, 2.45) is 0 Å². The molecule has 3 rings (SSSR count). The monoisotopic (exact) mass is 369 g/mol. The molecular weight excluding hydrogens is 346 g/mol. The summed E-state index contributed by atoms with van der Waals surface area (Å²) in [7, 11) is 1.49. The van der Waals surface area contributed by atoms with Crippen LogP contribution in [0.15, 0.2) is 24.4 Å². The van der Waals surface area contributed by atoms with Crippen molar-refractivity contribution in [2.45, 2.75) is 39.8 Å². The quantitative estimate of drug-likeness (QED) is 0.870. The molecule has 1 aliphatic heterocycles. The van der Waals surface area contributed by atoms with E-state index in [-0.39, 0.29) is 6.54 Å². The second kappa shape index (κ2) is 6.57. The van der Waals surface area contributed by atoms with E-state index in [1.807, 2.05) is 13.0 Å². The van der Waals surface area contributed by atoms with Crippen LogP contribution >= 0.6 is 0 Å². The number of pyridine rings is 1. The van der Waals surface area contributed by atoms with Gasteiger partial charge in [-0.15, -0.1) is 0 Å². The third kappa shape index (κ3) is 3.45. The molecule has 0 saturated carbocycles. The van der Waals surface area contributed by atoms with Crippen molar-refractivity contribution < 1.29 is 19.1 Å². The van der Waals surface area contributed by atoms with Gasteiger partial charge in [0.05, 0.1) is 19.2 Å². The van der Waals surface area contributed by atoms with Gasteiger partial charge in [-0.05, 0) is 56.5 Å². The summed E-state index contributed by atoms with van der Waals surface area (Å²) in [5, 5.41) is 0. The summed E-state index contributed by atoms with van der Waals surface area (Å²) in [6.45, 7) is 7.31. The van der Waals surface area contributed by atoms with Crippen LogP contribution in [0.4, 0.5) is 10.6 Å². The molecule has 0 fully saturated rings. The van der Waals surface area contributed by atoms with Gasteiger partial charge in [-0.1, -0.05) is 6.07 Å². The molecule has 2 aromatic rings. The first kappa shape index (κ1) is 18.7. The van der Waals surface area contributed by atoms with Gasteiger partial charge in [0.1, 0.15) is 17.2 Å². The summed E-state index contributed by atoms with van der Waals surface area (Å²) in [6.07, 6.45) is 0.997. The lowest BCUT2D eigenvalue weighted by molar-refractivity contribution is 0.0248. The van der Waals surface area contributed by atoms with Crippen LogP contribution in [-0.4, -0.2) is 34.6 Å². The van der Waals surface area contributed by atoms with Crippen molar-refractivity contribution in [3.05, 3.63) is 41.1 Å². The number of ether oxygens (including phenoxy) is 2. The number of nitrogens with zero attached hydrogens (tertiary/aromatic N) is 2. The highest BCUT2D eigenvalue weighted by Gasteiger charge is 2.39. The van der Waals surface area contributed by atoms with E-state index in [2.05, 4.69) is 4.98 Å². The standard InChI is InChI=1S/C20H23N3O4/c1-11-8-16(21)22-9-13(11)12-6-7-15(26-5)17-14(12)10-23(18(17)24)19(25)27-20(2,3)4/h6-9H,10H2,1-5H3,(H2,21,22). The van der Waals surface area contributed by atoms with Crippen molar-refractivity contribution in [3.63, 3.8) is 0 Å². The molecule has 1 aromatic carbocycles. The van der Waals surface area contributed by atoms with E-state index in [9.17, 15) is 9.59 Å². The molecule has 7 nitrogen and oxygen atoms in total. The predicted molar refractivity (Wildman–Crippen MR) is 101 cm³/mol. The second-order valence-electron chi connectivity index (χ2n) is 7.46. The molecule has 0 atom stereocenters. The Morgan fingerprint density at radius 2 is 1.96 bits per heavy atom. The largest absolute Gasteiger partial charge is 0.496 e. The Labute approximate surface area is 158 Å². The molecule has 2 heterocycles. The van der Waals surface area contributed by atoms with Gasteiger partial charge in [0.2, 0.25) is 0 Å². The number of imide groups is 1. The molecule has 0 aliphatic carbocycles. The van der Waals surface area contributed by atoms with E-state index in [0.29, 0.717) is 22.7 Å². The Morgan fingerprint density at radius 1 is 1.26 bits per heavy atom. The van der Waals surface area contributed by atoms with Crippen LogP contribution in [0.25, 0.3) is 11.1 Å². The number of carbonyl (C=O) groups excluding carboxylic acids is 2. The Kier molecular flexibility index (Phi) is 4.55. The van der Waals surface area contributed by atoms with Gasteiger partial charge in [-0.25, -0.2) is 14.7 Å². The van der Waals surface area contributed by atoms with Crippen LogP contribution in [0.1, 0.15) is 42.3 Å². The number of aromatic nitrogens is 1. The number of benzene rings is 1. The van der Waals surface area contributed by atoms with Gasteiger partial charge in [0, 0.05) is 11.8 Å². The van der Waals surface area contributed by atoms with Crippen molar-refractivity contribution in [1.29, 1.82) is 0 Å². The third-order valence-corrected chi connectivity index (χ3v) is 4.31. The molecule has 27 heavy (non-hydrogen) atoms. The molecule has 2 N–H and O–H groups in total. The van der Waals surface area contributed by atoms with Gasteiger partial charge >= 0.3 is 6.09 Å². The molecule has 1 aliphatic rings. The van der Waals surface area contributed by atoms with Crippen LogP contribution in [0.5, 0.6) is 5.75 Å². The van der Waals surface area contributed by atoms with Gasteiger partial charge in [0.15, 0.2) is 0 Å². The van der Waals surface area contributed by atoms with Gasteiger partial charge in [-0.3, -0.25) is 4.79 Å². The minimum Gasteiger partial charge on any atom is -0.496 e. The zero-order valence-corrected chi connectivity index (χ0v) is 16.1. The lowest BCUT2D eigenvalue weighted by Crippen LogP contribution is -2.36. The van der Waals surface area contributed by atoms with E-state index < -0.39 is 17.6 Å². The fourth-order valence-corrected chi connectivity index (χ4v) is 3.14. The van der Waals surface area contributed by atoms with Gasteiger partial charge in [-0.2, -0.15) is 0 Å². The minimum atomic E-state index is -0.698. The normalized spacial score (nSPS) is 13.5. The predicted octanol–water partition coefficient (Wildman–Crippen LogP) is 3.54. The van der Waals surface area contributed by atoms with E-state index in [0.717, 1.165) is 21.6 Å². The van der Waals surface area contributed by atoms with Gasteiger partial charge in [0.25, 0.3) is 5.91 Å². The van der Waals surface area contributed by atoms with Crippen LogP contribution in [-0.2, 0) is 11.3 Å². The highest BCUT2D eigenvalue weighted by atomic mass is 16.6. The Hall–Kier alpha value is -3.09. The molecular formula is C20H23N3O4. The number of rotatable bonds is 2. The highest BCUT2D eigenvalue weighted by Crippen LogP contribution is 2.39. The van der Waals surface area contributed by atoms with E-state index in [1.165, 1.54) is 7.11 Å². The van der Waals surface area contributed by atoms with Crippen LogP contribution < -0.4 is 10.5 Å². The number of aryl methyl sites for hydroxylation is 1. The smallest absolute Gasteiger partial charge is 0.417 e. The number of fused-ring (bicyclic) bond motifs is 1. The van der Waals surface area contributed by atoms with Crippen molar-refractivity contribution in [1.82, 2.24) is 9.88 Å². The summed E-state index contributed by atoms with van der Waals surface area (Å²) in [5.41, 5.74) is 8.73. The lowest BCUT2D eigenvalue weighted by Gasteiger charge is -2.23. The SMILES string of the molecule is COc1ccc(-c2cnc(N)cc2C)c2c1C(=O)N(C(=O)OC(C)(C)C)C2. The number of nitrogens with two attached hydrogens (primary N) is 1. The number of nitrogen functional groups attached to an aromatic ring is 1. The maximum atomic E-state index is 12.9. The van der Waals surface area contributed by atoms with E-state index >= 15 is 0 Å². The fourth-order valence-electron chi connectivity index (χ4n) is 3.14. The highest BCUT2D eigenvalue weighted by molar-refractivity contribution is 6.09. The molecule has 0 saturated heterocycles. The molecule has 0 radical (unpaired) electrons. The molecule has 2 amide bonds. The molecule has 0 spiro atoms. The first-order valence-corrected chi connectivity index (χ1v) is 8.59.